The van der Waals surface area contributed by atoms with Crippen LogP contribution in [0, 0.1) is 40.8 Å². The Balaban J connectivity index is 1.55. The number of alkyl halides is 2. The highest BCUT2D eigenvalue weighted by atomic mass is 19.3. The van der Waals surface area contributed by atoms with Crippen molar-refractivity contribution in [3.8, 4) is 16.9 Å². The van der Waals surface area contributed by atoms with Crippen LogP contribution in [0.1, 0.15) is 49.7 Å². The van der Waals surface area contributed by atoms with Gasteiger partial charge in [-0.1, -0.05) is 6.07 Å². The fourth-order valence-corrected chi connectivity index (χ4v) is 4.74. The van der Waals surface area contributed by atoms with E-state index in [1.807, 2.05) is 6.92 Å². The summed E-state index contributed by atoms with van der Waals surface area (Å²) < 4.78 is 125. The summed E-state index contributed by atoms with van der Waals surface area (Å²) in [5.74, 6) is -10.5. The molecule has 3 aromatic rings. The van der Waals surface area contributed by atoms with Crippen molar-refractivity contribution in [3.05, 3.63) is 88.5 Å². The molecular weight excluding hydrogens is 520 g/mol. The van der Waals surface area contributed by atoms with Gasteiger partial charge in [0.2, 0.25) is 5.82 Å². The summed E-state index contributed by atoms with van der Waals surface area (Å²) in [7, 11) is 0. The van der Waals surface area contributed by atoms with Gasteiger partial charge >= 0.3 is 6.11 Å². The maximum absolute atomic E-state index is 14.8. The van der Waals surface area contributed by atoms with Crippen LogP contribution in [0.2, 0.25) is 0 Å². The van der Waals surface area contributed by atoms with E-state index in [4.69, 9.17) is 4.74 Å². The third kappa shape index (κ3) is 5.80. The van der Waals surface area contributed by atoms with E-state index in [9.17, 15) is 35.1 Å². The van der Waals surface area contributed by atoms with Crippen LogP contribution in [0.15, 0.2) is 42.5 Å². The molecule has 0 aromatic heterocycles. The van der Waals surface area contributed by atoms with E-state index in [2.05, 4.69) is 4.74 Å². The second kappa shape index (κ2) is 11.3. The number of ether oxygens (including phenoxy) is 2. The minimum atomic E-state index is -4.70. The predicted octanol–water partition coefficient (Wildman–Crippen LogP) is 8.63. The fourth-order valence-electron chi connectivity index (χ4n) is 4.74. The number of benzene rings is 3. The molecular formula is C28H24F8O2. The molecule has 0 saturated heterocycles. The Morgan fingerprint density at radius 1 is 0.763 bits per heavy atom. The summed E-state index contributed by atoms with van der Waals surface area (Å²) in [6.45, 7) is 3.06. The van der Waals surface area contributed by atoms with Crippen molar-refractivity contribution in [1.82, 2.24) is 0 Å². The summed E-state index contributed by atoms with van der Waals surface area (Å²) in [4.78, 5) is 0. The van der Waals surface area contributed by atoms with Gasteiger partial charge in [-0.3, -0.25) is 0 Å². The molecule has 1 aliphatic carbocycles. The first kappa shape index (κ1) is 27.9. The third-order valence-electron chi connectivity index (χ3n) is 6.75. The minimum absolute atomic E-state index is 0.225. The Bertz CT molecular complexity index is 1280. The lowest BCUT2D eigenvalue weighted by molar-refractivity contribution is -0.191. The monoisotopic (exact) mass is 544 g/mol. The van der Waals surface area contributed by atoms with Crippen LogP contribution in [0.25, 0.3) is 11.1 Å². The van der Waals surface area contributed by atoms with Crippen LogP contribution < -0.4 is 4.74 Å². The quantitative estimate of drug-likeness (QED) is 0.264. The highest BCUT2D eigenvalue weighted by molar-refractivity contribution is 5.65. The maximum atomic E-state index is 14.8. The molecule has 0 spiro atoms. The molecule has 2 nitrogen and oxygen atoms in total. The van der Waals surface area contributed by atoms with Gasteiger partial charge in [0.1, 0.15) is 17.2 Å². The summed E-state index contributed by atoms with van der Waals surface area (Å²) in [6, 6.07) is 5.27. The number of halogens is 8. The summed E-state index contributed by atoms with van der Waals surface area (Å²) in [6.07, 6.45) is -1.95. The predicted molar refractivity (Wildman–Crippen MR) is 124 cm³/mol. The van der Waals surface area contributed by atoms with E-state index in [-0.39, 0.29) is 17.0 Å². The zero-order valence-corrected chi connectivity index (χ0v) is 20.3. The van der Waals surface area contributed by atoms with Crippen molar-refractivity contribution in [2.24, 2.45) is 5.92 Å². The van der Waals surface area contributed by atoms with Gasteiger partial charge in [-0.05, 0) is 92.0 Å². The van der Waals surface area contributed by atoms with E-state index in [1.54, 1.807) is 0 Å². The molecule has 0 unspecified atom stereocenters. The van der Waals surface area contributed by atoms with Crippen molar-refractivity contribution in [2.45, 2.75) is 44.6 Å². The molecule has 10 heteroatoms. The molecule has 1 saturated carbocycles. The number of rotatable bonds is 8. The molecule has 0 amide bonds. The smallest absolute Gasteiger partial charge is 0.425 e. The van der Waals surface area contributed by atoms with Crippen molar-refractivity contribution in [1.29, 1.82) is 0 Å². The first-order valence-electron chi connectivity index (χ1n) is 12.1. The molecule has 3 aromatic carbocycles. The summed E-state index contributed by atoms with van der Waals surface area (Å²) >= 11 is 0. The molecule has 4 rings (SSSR count). The molecule has 0 atom stereocenters. The topological polar surface area (TPSA) is 18.5 Å². The Labute approximate surface area is 214 Å². The lowest BCUT2D eigenvalue weighted by Gasteiger charge is -2.29. The molecule has 0 radical (unpaired) electrons. The molecule has 38 heavy (non-hydrogen) atoms. The van der Waals surface area contributed by atoms with Gasteiger partial charge in [0.25, 0.3) is 0 Å². The van der Waals surface area contributed by atoms with Crippen molar-refractivity contribution in [3.63, 3.8) is 0 Å². The number of hydrogen-bond acceptors (Lipinski definition) is 2. The summed E-state index contributed by atoms with van der Waals surface area (Å²) in [5, 5.41) is 0. The second-order valence-electron chi connectivity index (χ2n) is 9.22. The van der Waals surface area contributed by atoms with Gasteiger partial charge in [0.05, 0.1) is 0 Å². The Morgan fingerprint density at radius 3 is 2.03 bits per heavy atom. The van der Waals surface area contributed by atoms with Crippen LogP contribution in [0.3, 0.4) is 0 Å². The van der Waals surface area contributed by atoms with Gasteiger partial charge in [-0.2, -0.15) is 13.2 Å². The lowest BCUT2D eigenvalue weighted by atomic mass is 9.79. The molecule has 1 aliphatic rings. The SMILES string of the molecule is CCOCC1CCC(c2cc(F)c(C(F)(F)Oc3ccc(-c4ccc(F)c(F)c4)c(F)c3F)c(F)c2)CC1. The van der Waals surface area contributed by atoms with Gasteiger partial charge < -0.3 is 9.47 Å². The fraction of sp³-hybridized carbons (Fsp3) is 0.357. The molecule has 0 heterocycles. The summed E-state index contributed by atoms with van der Waals surface area (Å²) in [5.41, 5.74) is -2.34. The maximum Gasteiger partial charge on any atom is 0.432 e. The molecule has 0 aliphatic heterocycles. The van der Waals surface area contributed by atoms with E-state index >= 15 is 0 Å². The Kier molecular flexibility index (Phi) is 8.30. The van der Waals surface area contributed by atoms with Crippen molar-refractivity contribution >= 4 is 0 Å². The third-order valence-corrected chi connectivity index (χ3v) is 6.75. The van der Waals surface area contributed by atoms with Crippen LogP contribution in [-0.2, 0) is 10.8 Å². The van der Waals surface area contributed by atoms with E-state index < -0.39 is 57.9 Å². The molecule has 0 bridgehead atoms. The van der Waals surface area contributed by atoms with Crippen LogP contribution in [0.5, 0.6) is 5.75 Å². The molecule has 0 N–H and O–H groups in total. The average molecular weight is 544 g/mol. The normalized spacial score (nSPS) is 18.0. The van der Waals surface area contributed by atoms with E-state index in [0.29, 0.717) is 50.2 Å². The number of hydrogen-bond donors (Lipinski definition) is 0. The second-order valence-corrected chi connectivity index (χ2v) is 9.22. The van der Waals surface area contributed by atoms with Crippen LogP contribution in [0.4, 0.5) is 35.1 Å². The molecule has 1 fully saturated rings. The van der Waals surface area contributed by atoms with Crippen LogP contribution in [-0.4, -0.2) is 13.2 Å². The zero-order chi connectivity index (χ0) is 27.6. The first-order valence-corrected chi connectivity index (χ1v) is 12.1. The largest absolute Gasteiger partial charge is 0.432 e. The van der Waals surface area contributed by atoms with E-state index in [1.165, 1.54) is 0 Å². The average Bonchev–Trinajstić information content (AvgIpc) is 2.87. The highest BCUT2D eigenvalue weighted by Crippen LogP contribution is 2.41. The standard InChI is InChI=1S/C28H24F8O2/c1-2-37-14-15-3-5-16(6-4-15)18-12-22(31)25(23(32)13-18)28(35,36)38-24-10-8-19(26(33)27(24)34)17-7-9-20(29)21(30)11-17/h7-13,15-16H,2-6,14H2,1H3. The van der Waals surface area contributed by atoms with Crippen molar-refractivity contribution in [2.75, 3.05) is 13.2 Å². The minimum Gasteiger partial charge on any atom is -0.425 e. The highest BCUT2D eigenvalue weighted by Gasteiger charge is 2.42. The van der Waals surface area contributed by atoms with E-state index in [0.717, 1.165) is 37.1 Å². The van der Waals surface area contributed by atoms with Gasteiger partial charge in [0, 0.05) is 18.8 Å². The van der Waals surface area contributed by atoms with Gasteiger partial charge in [-0.15, -0.1) is 0 Å². The van der Waals surface area contributed by atoms with Crippen molar-refractivity contribution < 1.29 is 44.6 Å². The van der Waals surface area contributed by atoms with Crippen LogP contribution >= 0.6 is 0 Å². The lowest BCUT2D eigenvalue weighted by Crippen LogP contribution is -2.26. The first-order chi connectivity index (χ1) is 18.0. The Hall–Kier alpha value is -3.14. The zero-order valence-electron chi connectivity index (χ0n) is 20.3. The molecule has 204 valence electrons. The van der Waals surface area contributed by atoms with Gasteiger partial charge in [-0.25, -0.2) is 22.0 Å². The van der Waals surface area contributed by atoms with Gasteiger partial charge in [0.15, 0.2) is 23.2 Å². The Morgan fingerprint density at radius 2 is 1.42 bits per heavy atom.